The van der Waals surface area contributed by atoms with E-state index in [1.165, 1.54) is 7.11 Å². The van der Waals surface area contributed by atoms with Gasteiger partial charge in [0.2, 0.25) is 11.8 Å². The van der Waals surface area contributed by atoms with E-state index in [1.807, 2.05) is 6.07 Å². The molecule has 7 heteroatoms. The molecule has 0 saturated carbocycles. The van der Waals surface area contributed by atoms with Crippen molar-refractivity contribution in [3.8, 4) is 5.75 Å². The van der Waals surface area contributed by atoms with Gasteiger partial charge in [-0.25, -0.2) is 0 Å². The Hall–Kier alpha value is -3.35. The lowest BCUT2D eigenvalue weighted by molar-refractivity contribution is -0.124. The highest BCUT2D eigenvalue weighted by Crippen LogP contribution is 2.16. The zero-order chi connectivity index (χ0) is 18.1. The van der Waals surface area contributed by atoms with E-state index in [9.17, 15) is 14.4 Å². The van der Waals surface area contributed by atoms with E-state index in [1.54, 1.807) is 48.5 Å². The van der Waals surface area contributed by atoms with E-state index in [-0.39, 0.29) is 18.7 Å². The monoisotopic (exact) mass is 341 g/mol. The van der Waals surface area contributed by atoms with Crippen molar-refractivity contribution in [2.24, 2.45) is 0 Å². The summed E-state index contributed by atoms with van der Waals surface area (Å²) in [6, 6.07) is 15.6. The Kier molecular flexibility index (Phi) is 6.53. The summed E-state index contributed by atoms with van der Waals surface area (Å²) in [4.78, 5) is 35.5. The maximum absolute atomic E-state index is 12.0. The number of carbonyl (C=O) groups is 3. The van der Waals surface area contributed by atoms with Crippen LogP contribution in [-0.4, -0.2) is 24.8 Å². The summed E-state index contributed by atoms with van der Waals surface area (Å²) >= 11 is 0. The predicted molar refractivity (Wildman–Crippen MR) is 92.9 cm³/mol. The maximum atomic E-state index is 12.0. The first-order valence-electron chi connectivity index (χ1n) is 7.67. The zero-order valence-corrected chi connectivity index (χ0v) is 13.7. The largest absolute Gasteiger partial charge is 0.496 e. The maximum Gasteiger partial charge on any atom is 0.273 e. The number of methoxy groups -OCH3 is 1. The second-order valence-corrected chi connectivity index (χ2v) is 5.12. The summed E-state index contributed by atoms with van der Waals surface area (Å²) in [7, 11) is 1.45. The average molecular weight is 341 g/mol. The molecule has 0 aromatic heterocycles. The van der Waals surface area contributed by atoms with E-state index in [0.29, 0.717) is 17.0 Å². The van der Waals surface area contributed by atoms with Gasteiger partial charge in [0, 0.05) is 18.5 Å². The molecule has 2 aromatic carbocycles. The van der Waals surface area contributed by atoms with E-state index < -0.39 is 11.8 Å². The van der Waals surface area contributed by atoms with Gasteiger partial charge in [0.05, 0.1) is 12.7 Å². The van der Waals surface area contributed by atoms with Crippen molar-refractivity contribution >= 4 is 23.4 Å². The number of amides is 3. The third kappa shape index (κ3) is 5.65. The van der Waals surface area contributed by atoms with Crippen LogP contribution in [0.5, 0.6) is 5.75 Å². The molecule has 0 aliphatic heterocycles. The number of hydrogen-bond donors (Lipinski definition) is 3. The minimum Gasteiger partial charge on any atom is -0.496 e. The van der Waals surface area contributed by atoms with Gasteiger partial charge in [-0.15, -0.1) is 0 Å². The predicted octanol–water partition coefficient (Wildman–Crippen LogP) is 1.88. The van der Waals surface area contributed by atoms with E-state index >= 15 is 0 Å². The molecular formula is C18H19N3O4. The van der Waals surface area contributed by atoms with Crippen molar-refractivity contribution in [3.63, 3.8) is 0 Å². The van der Waals surface area contributed by atoms with Crippen LogP contribution in [0.4, 0.5) is 5.69 Å². The lowest BCUT2D eigenvalue weighted by atomic mass is 10.2. The molecule has 0 heterocycles. The van der Waals surface area contributed by atoms with Crippen molar-refractivity contribution in [3.05, 3.63) is 60.2 Å². The topological polar surface area (TPSA) is 96.5 Å². The third-order valence-corrected chi connectivity index (χ3v) is 3.30. The van der Waals surface area contributed by atoms with Crippen LogP contribution < -0.4 is 20.9 Å². The van der Waals surface area contributed by atoms with Crippen LogP contribution in [0, 0.1) is 0 Å². The van der Waals surface area contributed by atoms with E-state index in [2.05, 4.69) is 16.2 Å². The highest BCUT2D eigenvalue weighted by Gasteiger charge is 2.13. The van der Waals surface area contributed by atoms with Crippen molar-refractivity contribution < 1.29 is 19.1 Å². The van der Waals surface area contributed by atoms with Gasteiger partial charge in [0.1, 0.15) is 5.75 Å². The minimum atomic E-state index is -0.500. The molecule has 2 aromatic rings. The summed E-state index contributed by atoms with van der Waals surface area (Å²) < 4.78 is 5.08. The standard InChI is InChI=1S/C18H19N3O4/c1-25-15-10-6-5-9-14(15)18(24)21-20-17(23)12-11-16(22)19-13-7-3-2-4-8-13/h2-10H,11-12H2,1H3,(H,19,22)(H,20,23)(H,21,24). The number of hydrazine groups is 1. The Balaban J connectivity index is 1.75. The highest BCUT2D eigenvalue weighted by molar-refractivity contribution is 5.98. The molecule has 0 aliphatic carbocycles. The first-order chi connectivity index (χ1) is 12.1. The number of nitrogens with one attached hydrogen (secondary N) is 3. The molecule has 0 radical (unpaired) electrons. The number of rotatable bonds is 6. The number of para-hydroxylation sites is 2. The van der Waals surface area contributed by atoms with Gasteiger partial charge >= 0.3 is 0 Å². The first kappa shape index (κ1) is 18.0. The van der Waals surface area contributed by atoms with Gasteiger partial charge in [-0.05, 0) is 24.3 Å². The summed E-state index contributed by atoms with van der Waals surface area (Å²) in [5.74, 6) is -0.847. The van der Waals surface area contributed by atoms with Gasteiger partial charge < -0.3 is 10.1 Å². The quantitative estimate of drug-likeness (QED) is 0.699. The fraction of sp³-hybridized carbons (Fsp3) is 0.167. The first-order valence-corrected chi connectivity index (χ1v) is 7.67. The molecule has 0 bridgehead atoms. The van der Waals surface area contributed by atoms with Gasteiger partial charge in [-0.1, -0.05) is 30.3 Å². The number of anilines is 1. The summed E-state index contributed by atoms with van der Waals surface area (Å²) in [6.45, 7) is 0. The van der Waals surface area contributed by atoms with Crippen LogP contribution in [-0.2, 0) is 9.59 Å². The van der Waals surface area contributed by atoms with Crippen molar-refractivity contribution in [1.29, 1.82) is 0 Å². The summed E-state index contributed by atoms with van der Waals surface area (Å²) in [5, 5.41) is 2.68. The fourth-order valence-corrected chi connectivity index (χ4v) is 2.06. The second kappa shape index (κ2) is 9.07. The molecule has 0 aliphatic rings. The number of hydrogen-bond acceptors (Lipinski definition) is 4. The SMILES string of the molecule is COc1ccccc1C(=O)NNC(=O)CCC(=O)Nc1ccccc1. The van der Waals surface area contributed by atoms with Gasteiger partial charge in [-0.2, -0.15) is 0 Å². The molecule has 0 spiro atoms. The van der Waals surface area contributed by atoms with Crippen LogP contribution in [0.15, 0.2) is 54.6 Å². The van der Waals surface area contributed by atoms with Gasteiger partial charge in [-0.3, -0.25) is 25.2 Å². The van der Waals surface area contributed by atoms with Crippen LogP contribution >= 0.6 is 0 Å². The van der Waals surface area contributed by atoms with Crippen LogP contribution in [0.1, 0.15) is 23.2 Å². The average Bonchev–Trinajstić information content (AvgIpc) is 2.65. The van der Waals surface area contributed by atoms with Crippen molar-refractivity contribution in [1.82, 2.24) is 10.9 Å². The molecule has 0 fully saturated rings. The molecular weight excluding hydrogens is 322 g/mol. The van der Waals surface area contributed by atoms with E-state index in [4.69, 9.17) is 4.74 Å². The minimum absolute atomic E-state index is 0.00521. The Bertz CT molecular complexity index is 747. The number of benzene rings is 2. The Morgan fingerprint density at radius 3 is 2.20 bits per heavy atom. The summed E-state index contributed by atoms with van der Waals surface area (Å²) in [5.41, 5.74) is 5.54. The summed E-state index contributed by atoms with van der Waals surface area (Å²) in [6.07, 6.45) is -0.0455. The highest BCUT2D eigenvalue weighted by atomic mass is 16.5. The molecule has 25 heavy (non-hydrogen) atoms. The Morgan fingerprint density at radius 1 is 0.840 bits per heavy atom. The molecule has 3 N–H and O–H groups in total. The normalized spacial score (nSPS) is 9.80. The van der Waals surface area contributed by atoms with Crippen LogP contribution in [0.25, 0.3) is 0 Å². The number of carbonyl (C=O) groups excluding carboxylic acids is 3. The molecule has 3 amide bonds. The van der Waals surface area contributed by atoms with Crippen LogP contribution in [0.3, 0.4) is 0 Å². The molecule has 0 unspecified atom stereocenters. The molecule has 2 rings (SSSR count). The van der Waals surface area contributed by atoms with Crippen molar-refractivity contribution in [2.45, 2.75) is 12.8 Å². The third-order valence-electron chi connectivity index (χ3n) is 3.30. The fourth-order valence-electron chi connectivity index (χ4n) is 2.06. The lowest BCUT2D eigenvalue weighted by Gasteiger charge is -2.10. The smallest absolute Gasteiger partial charge is 0.273 e. The second-order valence-electron chi connectivity index (χ2n) is 5.12. The van der Waals surface area contributed by atoms with Crippen LogP contribution in [0.2, 0.25) is 0 Å². The Labute approximate surface area is 145 Å². The van der Waals surface area contributed by atoms with Gasteiger partial charge in [0.25, 0.3) is 5.91 Å². The molecule has 0 atom stereocenters. The zero-order valence-electron chi connectivity index (χ0n) is 13.7. The molecule has 0 saturated heterocycles. The number of ether oxygens (including phenoxy) is 1. The van der Waals surface area contributed by atoms with Gasteiger partial charge in [0.15, 0.2) is 0 Å². The Morgan fingerprint density at radius 2 is 1.48 bits per heavy atom. The van der Waals surface area contributed by atoms with E-state index in [0.717, 1.165) is 0 Å². The molecule has 7 nitrogen and oxygen atoms in total. The lowest BCUT2D eigenvalue weighted by Crippen LogP contribution is -2.41. The molecule has 130 valence electrons. The van der Waals surface area contributed by atoms with Crippen molar-refractivity contribution in [2.75, 3.05) is 12.4 Å².